The number of aliphatic imine (C=N–C) groups is 1. The number of phenols is 1. The number of aliphatic hydroxyl groups is 3. The van der Waals surface area contributed by atoms with Crippen LogP contribution in [-0.4, -0.2) is 64.9 Å². The lowest BCUT2D eigenvalue weighted by molar-refractivity contribution is -0.385. The lowest BCUT2D eigenvalue weighted by Crippen LogP contribution is -2.39. The highest BCUT2D eigenvalue weighted by molar-refractivity contribution is 7.81. The number of aliphatic hydroxyl groups excluding tert-OH is 2. The van der Waals surface area contributed by atoms with Gasteiger partial charge >= 0.3 is 0 Å². The molecule has 0 saturated carbocycles. The number of rotatable bonds is 5. The molecule has 166 valence electrons. The van der Waals surface area contributed by atoms with E-state index in [0.717, 1.165) is 6.07 Å². The molecule has 0 bridgehead atoms. The molecule has 3 heterocycles. The van der Waals surface area contributed by atoms with Crippen molar-refractivity contribution in [3.05, 3.63) is 45.9 Å². The number of thiol groups is 1. The first-order chi connectivity index (χ1) is 14.6. The van der Waals surface area contributed by atoms with E-state index in [4.69, 9.17) is 10.5 Å². The molecular formula is C17H20N6O7S. The fourth-order valence-electron chi connectivity index (χ4n) is 3.69. The van der Waals surface area contributed by atoms with Crippen LogP contribution in [0.15, 0.2) is 29.5 Å². The van der Waals surface area contributed by atoms with E-state index in [9.17, 15) is 30.5 Å². The lowest BCUT2D eigenvalue weighted by Gasteiger charge is -2.30. The summed E-state index contributed by atoms with van der Waals surface area (Å²) in [4.78, 5) is 18.5. The molecule has 31 heavy (non-hydrogen) atoms. The van der Waals surface area contributed by atoms with Crippen LogP contribution < -0.4 is 11.1 Å². The van der Waals surface area contributed by atoms with Gasteiger partial charge < -0.3 is 36.2 Å². The number of fused-ring (bicyclic) bond motifs is 1. The number of nitrogens with zero attached hydrogens (tertiary/aromatic N) is 4. The molecule has 1 aromatic carbocycles. The van der Waals surface area contributed by atoms with Crippen molar-refractivity contribution >= 4 is 30.1 Å². The summed E-state index contributed by atoms with van der Waals surface area (Å²) in [6, 6.07) is 3.48. The van der Waals surface area contributed by atoms with Crippen LogP contribution in [0, 0.1) is 10.1 Å². The van der Waals surface area contributed by atoms with E-state index in [-0.39, 0.29) is 40.9 Å². The second-order valence-electron chi connectivity index (χ2n) is 7.26. The normalized spacial score (nSPS) is 29.9. The molecule has 5 atom stereocenters. The zero-order valence-electron chi connectivity index (χ0n) is 15.9. The molecular weight excluding hydrogens is 432 g/mol. The van der Waals surface area contributed by atoms with Crippen LogP contribution in [-0.2, 0) is 16.9 Å². The van der Waals surface area contributed by atoms with Crippen molar-refractivity contribution < 1.29 is 30.1 Å². The van der Waals surface area contributed by atoms with Crippen LogP contribution in [0.4, 0.5) is 11.5 Å². The number of nitrogens with one attached hydrogen (secondary N) is 1. The number of hydrogen-bond acceptors (Lipinski definition) is 12. The third kappa shape index (κ3) is 3.57. The SMILES string of the molecule is NC1=NC(O)(Cc2ccc([N+](=O)[O-])cc2O)c2ncn([C@@H]3O[C@H](CO)[C@@H](O)[C@H]3S)c2N1. The van der Waals surface area contributed by atoms with E-state index in [1.54, 1.807) is 0 Å². The summed E-state index contributed by atoms with van der Waals surface area (Å²) < 4.78 is 7.13. The number of phenolic OH excluding ortho intramolecular Hbond substituents is 1. The topological polar surface area (TPSA) is 202 Å². The maximum absolute atomic E-state index is 11.2. The van der Waals surface area contributed by atoms with Gasteiger partial charge in [-0.1, -0.05) is 0 Å². The van der Waals surface area contributed by atoms with E-state index in [0.29, 0.717) is 0 Å². The Morgan fingerprint density at radius 1 is 1.45 bits per heavy atom. The number of nitro benzene ring substituents is 1. The monoisotopic (exact) mass is 452 g/mol. The highest BCUT2D eigenvalue weighted by atomic mass is 32.1. The summed E-state index contributed by atoms with van der Waals surface area (Å²) in [5.41, 5.74) is 3.81. The number of guanidine groups is 1. The van der Waals surface area contributed by atoms with Crippen LogP contribution in [0.5, 0.6) is 5.75 Å². The fourth-order valence-corrected chi connectivity index (χ4v) is 4.09. The molecule has 13 nitrogen and oxygen atoms in total. The molecule has 4 rings (SSSR count). The zero-order chi connectivity index (χ0) is 22.5. The van der Waals surface area contributed by atoms with E-state index in [2.05, 4.69) is 27.9 Å². The second kappa shape index (κ2) is 7.65. The first-order valence-electron chi connectivity index (χ1n) is 9.15. The molecule has 0 aliphatic carbocycles. The highest BCUT2D eigenvalue weighted by Gasteiger charge is 2.46. The standard InChI is InChI=1S/C17H20N6O7S/c18-16-20-14-13(19-6-22(14)15-12(31)11(26)10(5-24)30-15)17(27,21-16)4-7-1-2-8(23(28)29)3-9(7)25/h1-3,6,10-12,15,24-27,31H,4-5H2,(H3,18,20,21)/t10-,11-,12-,15-,17?/m1/s1. The molecule has 1 aromatic heterocycles. The van der Waals surface area contributed by atoms with Crippen molar-refractivity contribution in [1.82, 2.24) is 9.55 Å². The number of aromatic nitrogens is 2. The van der Waals surface area contributed by atoms with E-state index < -0.39 is 40.9 Å². The third-order valence-corrected chi connectivity index (χ3v) is 5.79. The molecule has 14 heteroatoms. The molecule has 0 radical (unpaired) electrons. The minimum absolute atomic E-state index is 0.0607. The number of nitro groups is 1. The predicted molar refractivity (Wildman–Crippen MR) is 110 cm³/mol. The van der Waals surface area contributed by atoms with E-state index in [1.807, 2.05) is 0 Å². The molecule has 0 spiro atoms. The summed E-state index contributed by atoms with van der Waals surface area (Å²) in [5.74, 6) is -0.309. The molecule has 0 amide bonds. The molecule has 7 N–H and O–H groups in total. The average molecular weight is 452 g/mol. The van der Waals surface area contributed by atoms with Crippen molar-refractivity contribution in [1.29, 1.82) is 0 Å². The quantitative estimate of drug-likeness (QED) is 0.171. The summed E-state index contributed by atoms with van der Waals surface area (Å²) in [6.45, 7) is -0.411. The Balaban J connectivity index is 1.69. The van der Waals surface area contributed by atoms with E-state index >= 15 is 0 Å². The number of ether oxygens (including phenoxy) is 1. The minimum atomic E-state index is -2.00. The Hall–Kier alpha value is -2.91. The van der Waals surface area contributed by atoms with Gasteiger partial charge in [-0.3, -0.25) is 14.7 Å². The van der Waals surface area contributed by atoms with Gasteiger partial charge in [0.1, 0.15) is 23.4 Å². The predicted octanol–water partition coefficient (Wildman–Crippen LogP) is -0.826. The number of imidazole rings is 1. The van der Waals surface area contributed by atoms with Gasteiger partial charge in [-0.25, -0.2) is 9.98 Å². The molecule has 1 fully saturated rings. The lowest BCUT2D eigenvalue weighted by atomic mass is 9.97. The fraction of sp³-hybridized carbons (Fsp3) is 0.412. The number of anilines is 1. The Labute approximate surface area is 180 Å². The molecule has 2 aromatic rings. The maximum Gasteiger partial charge on any atom is 0.273 e. The van der Waals surface area contributed by atoms with Crippen molar-refractivity contribution in [2.75, 3.05) is 11.9 Å². The maximum atomic E-state index is 11.2. The Morgan fingerprint density at radius 2 is 2.19 bits per heavy atom. The van der Waals surface area contributed by atoms with Gasteiger partial charge in [0.2, 0.25) is 5.72 Å². The average Bonchev–Trinajstić information content (AvgIpc) is 3.25. The summed E-state index contributed by atoms with van der Waals surface area (Å²) in [5, 5.41) is 53.9. The first-order valence-corrected chi connectivity index (χ1v) is 9.67. The second-order valence-corrected chi connectivity index (χ2v) is 7.86. The number of aromatic hydroxyl groups is 1. The van der Waals surface area contributed by atoms with Crippen LogP contribution >= 0.6 is 12.6 Å². The summed E-state index contributed by atoms with van der Waals surface area (Å²) in [7, 11) is 0. The Kier molecular flexibility index (Phi) is 5.26. The van der Waals surface area contributed by atoms with Gasteiger partial charge in [0.25, 0.3) is 5.69 Å². The number of non-ortho nitro benzene ring substituents is 1. The van der Waals surface area contributed by atoms with Crippen LogP contribution in [0.1, 0.15) is 17.5 Å². The van der Waals surface area contributed by atoms with Gasteiger partial charge in [0, 0.05) is 12.5 Å². The van der Waals surface area contributed by atoms with Crippen LogP contribution in [0.25, 0.3) is 0 Å². The highest BCUT2D eigenvalue weighted by Crippen LogP contribution is 2.41. The van der Waals surface area contributed by atoms with Crippen molar-refractivity contribution in [3.63, 3.8) is 0 Å². The van der Waals surface area contributed by atoms with Crippen molar-refractivity contribution in [2.24, 2.45) is 10.7 Å². The molecule has 2 aliphatic rings. The minimum Gasteiger partial charge on any atom is -0.507 e. The van der Waals surface area contributed by atoms with Crippen LogP contribution in [0.2, 0.25) is 0 Å². The van der Waals surface area contributed by atoms with Gasteiger partial charge in [0.15, 0.2) is 12.2 Å². The van der Waals surface area contributed by atoms with E-state index in [1.165, 1.54) is 23.0 Å². The van der Waals surface area contributed by atoms with Gasteiger partial charge in [-0.2, -0.15) is 12.6 Å². The summed E-state index contributed by atoms with van der Waals surface area (Å²) >= 11 is 4.36. The third-order valence-electron chi connectivity index (χ3n) is 5.23. The first kappa shape index (κ1) is 21.3. The van der Waals surface area contributed by atoms with Crippen molar-refractivity contribution in [2.45, 2.75) is 35.8 Å². The van der Waals surface area contributed by atoms with Gasteiger partial charge in [0.05, 0.1) is 35.3 Å². The largest absolute Gasteiger partial charge is 0.507 e. The van der Waals surface area contributed by atoms with Crippen molar-refractivity contribution in [3.8, 4) is 5.75 Å². The number of hydrogen-bond donors (Lipinski definition) is 7. The van der Waals surface area contributed by atoms with Gasteiger partial charge in [-0.05, 0) is 11.6 Å². The van der Waals surface area contributed by atoms with Gasteiger partial charge in [-0.15, -0.1) is 0 Å². The Bertz CT molecular complexity index is 1060. The Morgan fingerprint density at radius 3 is 2.81 bits per heavy atom. The smallest absolute Gasteiger partial charge is 0.273 e. The molecule has 1 unspecified atom stereocenters. The number of benzene rings is 1. The summed E-state index contributed by atoms with van der Waals surface area (Å²) in [6.07, 6.45) is -1.66. The van der Waals surface area contributed by atoms with Crippen LogP contribution in [0.3, 0.4) is 0 Å². The molecule has 2 aliphatic heterocycles. The molecule has 1 saturated heterocycles. The number of nitrogens with two attached hydrogens (primary N) is 1. The zero-order valence-corrected chi connectivity index (χ0v) is 16.8.